The fraction of sp³-hybridized carbons (Fsp3) is 0.538. The maximum absolute atomic E-state index is 6.19. The molecule has 15 heavy (non-hydrogen) atoms. The van der Waals surface area contributed by atoms with Crippen LogP contribution in [0.15, 0.2) is 24.3 Å². The molecule has 0 saturated heterocycles. The molecular formula is C13H22N2. The van der Waals surface area contributed by atoms with Gasteiger partial charge in [-0.25, -0.2) is 0 Å². The molecule has 0 radical (unpaired) electrons. The van der Waals surface area contributed by atoms with Crippen molar-refractivity contribution in [3.8, 4) is 0 Å². The van der Waals surface area contributed by atoms with Gasteiger partial charge in [0.05, 0.1) is 0 Å². The molecule has 1 aromatic rings. The van der Waals surface area contributed by atoms with Crippen LogP contribution in [0.1, 0.15) is 37.9 Å². The summed E-state index contributed by atoms with van der Waals surface area (Å²) < 4.78 is 0. The molecule has 2 nitrogen and oxygen atoms in total. The Kier molecular flexibility index (Phi) is 3.89. The Morgan fingerprint density at radius 1 is 1.20 bits per heavy atom. The van der Waals surface area contributed by atoms with E-state index in [1.807, 2.05) is 0 Å². The molecule has 0 aliphatic heterocycles. The normalized spacial score (nSPS) is 13.9. The van der Waals surface area contributed by atoms with Crippen molar-refractivity contribution in [2.75, 3.05) is 6.54 Å². The monoisotopic (exact) mass is 206 g/mol. The smallest absolute Gasteiger partial charge is 0.0358 e. The maximum atomic E-state index is 6.19. The molecule has 0 fully saturated rings. The Balaban J connectivity index is 2.87. The molecule has 1 rings (SSSR count). The topological polar surface area (TPSA) is 52.0 Å². The van der Waals surface area contributed by atoms with Crippen molar-refractivity contribution in [3.05, 3.63) is 35.4 Å². The van der Waals surface area contributed by atoms with Crippen molar-refractivity contribution >= 4 is 0 Å². The molecule has 0 amide bonds. The highest BCUT2D eigenvalue weighted by atomic mass is 14.7. The standard InChI is InChI=1S/C13H22N2/c1-4-10-5-7-11(8-6-10)12(15)13(2,3)9-14/h5-8,12H,4,9,14-15H2,1-3H3. The van der Waals surface area contributed by atoms with E-state index in [1.165, 1.54) is 11.1 Å². The van der Waals surface area contributed by atoms with Gasteiger partial charge in [0.2, 0.25) is 0 Å². The van der Waals surface area contributed by atoms with Gasteiger partial charge in [-0.1, -0.05) is 45.0 Å². The molecule has 2 heteroatoms. The third-order valence-corrected chi connectivity index (χ3v) is 3.12. The average Bonchev–Trinajstić information content (AvgIpc) is 2.28. The fourth-order valence-corrected chi connectivity index (χ4v) is 1.54. The second kappa shape index (κ2) is 4.77. The van der Waals surface area contributed by atoms with E-state index in [1.54, 1.807) is 0 Å². The molecule has 1 unspecified atom stereocenters. The second-order valence-corrected chi connectivity index (χ2v) is 4.77. The van der Waals surface area contributed by atoms with E-state index in [0.29, 0.717) is 6.54 Å². The van der Waals surface area contributed by atoms with Crippen LogP contribution in [-0.2, 0) is 6.42 Å². The van der Waals surface area contributed by atoms with Crippen LogP contribution in [0.2, 0.25) is 0 Å². The minimum atomic E-state index is -0.0479. The molecule has 4 N–H and O–H groups in total. The Bertz CT molecular complexity index is 301. The summed E-state index contributed by atoms with van der Waals surface area (Å²) >= 11 is 0. The molecule has 0 spiro atoms. The highest BCUT2D eigenvalue weighted by Crippen LogP contribution is 2.29. The van der Waals surface area contributed by atoms with Gasteiger partial charge in [0.25, 0.3) is 0 Å². The van der Waals surface area contributed by atoms with Gasteiger partial charge in [-0.3, -0.25) is 0 Å². The van der Waals surface area contributed by atoms with E-state index in [2.05, 4.69) is 45.0 Å². The lowest BCUT2D eigenvalue weighted by Gasteiger charge is -2.30. The van der Waals surface area contributed by atoms with Crippen molar-refractivity contribution in [1.29, 1.82) is 0 Å². The van der Waals surface area contributed by atoms with E-state index in [0.717, 1.165) is 6.42 Å². The zero-order valence-electron chi connectivity index (χ0n) is 9.96. The first-order valence-corrected chi connectivity index (χ1v) is 5.55. The Hall–Kier alpha value is -0.860. The first-order valence-electron chi connectivity index (χ1n) is 5.55. The van der Waals surface area contributed by atoms with E-state index in [9.17, 15) is 0 Å². The molecule has 0 saturated carbocycles. The summed E-state index contributed by atoms with van der Waals surface area (Å²) in [7, 11) is 0. The summed E-state index contributed by atoms with van der Waals surface area (Å²) in [6, 6.07) is 8.51. The van der Waals surface area contributed by atoms with Gasteiger partial charge >= 0.3 is 0 Å². The predicted octanol–water partition coefficient (Wildman–Crippen LogP) is 2.23. The zero-order valence-corrected chi connectivity index (χ0v) is 9.96. The molecule has 1 atom stereocenters. The Morgan fingerprint density at radius 2 is 1.73 bits per heavy atom. The number of benzene rings is 1. The van der Waals surface area contributed by atoms with Gasteiger partial charge in [-0.05, 0) is 29.5 Å². The van der Waals surface area contributed by atoms with Crippen LogP contribution >= 0.6 is 0 Å². The number of nitrogens with two attached hydrogens (primary N) is 2. The fourth-order valence-electron chi connectivity index (χ4n) is 1.54. The highest BCUT2D eigenvalue weighted by molar-refractivity contribution is 5.26. The summed E-state index contributed by atoms with van der Waals surface area (Å²) in [5, 5.41) is 0. The maximum Gasteiger partial charge on any atom is 0.0358 e. The summed E-state index contributed by atoms with van der Waals surface area (Å²) in [5.74, 6) is 0. The molecule has 84 valence electrons. The first-order chi connectivity index (χ1) is 7.01. The molecule has 0 bridgehead atoms. The number of hydrogen-bond donors (Lipinski definition) is 2. The predicted molar refractivity (Wildman–Crippen MR) is 65.6 cm³/mol. The third kappa shape index (κ3) is 2.80. The van der Waals surface area contributed by atoms with Crippen molar-refractivity contribution < 1.29 is 0 Å². The van der Waals surface area contributed by atoms with Crippen molar-refractivity contribution in [1.82, 2.24) is 0 Å². The second-order valence-electron chi connectivity index (χ2n) is 4.77. The van der Waals surface area contributed by atoms with Gasteiger partial charge in [-0.15, -0.1) is 0 Å². The van der Waals surface area contributed by atoms with Crippen LogP contribution in [0.4, 0.5) is 0 Å². The number of hydrogen-bond acceptors (Lipinski definition) is 2. The number of aryl methyl sites for hydroxylation is 1. The molecule has 0 aliphatic carbocycles. The summed E-state index contributed by atoms with van der Waals surface area (Å²) in [5.41, 5.74) is 14.4. The van der Waals surface area contributed by atoms with Crippen LogP contribution in [0.3, 0.4) is 0 Å². The average molecular weight is 206 g/mol. The van der Waals surface area contributed by atoms with Crippen molar-refractivity contribution in [2.45, 2.75) is 33.2 Å². The van der Waals surface area contributed by atoms with Crippen LogP contribution in [0, 0.1) is 5.41 Å². The largest absolute Gasteiger partial charge is 0.330 e. The van der Waals surface area contributed by atoms with Gasteiger partial charge in [0.15, 0.2) is 0 Å². The van der Waals surface area contributed by atoms with Gasteiger partial charge in [0, 0.05) is 6.04 Å². The quantitative estimate of drug-likeness (QED) is 0.793. The zero-order chi connectivity index (χ0) is 11.5. The third-order valence-electron chi connectivity index (χ3n) is 3.12. The summed E-state index contributed by atoms with van der Waals surface area (Å²) in [6.07, 6.45) is 1.07. The first kappa shape index (κ1) is 12.2. The van der Waals surface area contributed by atoms with Crippen LogP contribution in [-0.4, -0.2) is 6.54 Å². The molecule has 0 aliphatic rings. The van der Waals surface area contributed by atoms with Gasteiger partial charge in [-0.2, -0.15) is 0 Å². The van der Waals surface area contributed by atoms with E-state index < -0.39 is 0 Å². The minimum Gasteiger partial charge on any atom is -0.330 e. The van der Waals surface area contributed by atoms with E-state index in [-0.39, 0.29) is 11.5 Å². The lowest BCUT2D eigenvalue weighted by molar-refractivity contribution is 0.301. The SMILES string of the molecule is CCc1ccc(C(N)C(C)(C)CN)cc1. The molecule has 1 aromatic carbocycles. The molecular weight excluding hydrogens is 184 g/mol. The van der Waals surface area contributed by atoms with Gasteiger partial charge in [0.1, 0.15) is 0 Å². The Labute approximate surface area is 92.7 Å². The van der Waals surface area contributed by atoms with Crippen LogP contribution < -0.4 is 11.5 Å². The highest BCUT2D eigenvalue weighted by Gasteiger charge is 2.25. The Morgan fingerprint density at radius 3 is 2.13 bits per heavy atom. The van der Waals surface area contributed by atoms with Crippen LogP contribution in [0.25, 0.3) is 0 Å². The van der Waals surface area contributed by atoms with E-state index >= 15 is 0 Å². The lowest BCUT2D eigenvalue weighted by atomic mass is 9.81. The van der Waals surface area contributed by atoms with Gasteiger partial charge < -0.3 is 11.5 Å². The summed E-state index contributed by atoms with van der Waals surface area (Å²) in [4.78, 5) is 0. The summed E-state index contributed by atoms with van der Waals surface area (Å²) in [6.45, 7) is 6.96. The van der Waals surface area contributed by atoms with E-state index in [4.69, 9.17) is 11.5 Å². The minimum absolute atomic E-state index is 0.00778. The lowest BCUT2D eigenvalue weighted by Crippen LogP contribution is -2.35. The van der Waals surface area contributed by atoms with Crippen molar-refractivity contribution in [2.24, 2.45) is 16.9 Å². The van der Waals surface area contributed by atoms with Crippen LogP contribution in [0.5, 0.6) is 0 Å². The van der Waals surface area contributed by atoms with Crippen molar-refractivity contribution in [3.63, 3.8) is 0 Å². The number of rotatable bonds is 4. The molecule has 0 heterocycles. The molecule has 0 aromatic heterocycles.